The summed E-state index contributed by atoms with van der Waals surface area (Å²) in [4.78, 5) is 0. The normalized spacial score (nSPS) is 11.6. The van der Waals surface area contributed by atoms with Crippen molar-refractivity contribution in [1.82, 2.24) is 0 Å². The third-order valence-corrected chi connectivity index (χ3v) is 7.95. The van der Waals surface area contributed by atoms with Crippen LogP contribution in [0.4, 0.5) is 0 Å². The molecule has 1 nitrogen and oxygen atoms in total. The van der Waals surface area contributed by atoms with E-state index >= 15 is 0 Å². The topological polar surface area (TPSA) is 9.23 Å². The Labute approximate surface area is 137 Å². The van der Waals surface area contributed by atoms with Gasteiger partial charge in [-0.15, -0.1) is 0 Å². The Morgan fingerprint density at radius 2 is 1.47 bits per heavy atom. The van der Waals surface area contributed by atoms with Gasteiger partial charge in [-0.3, -0.25) is 0 Å². The van der Waals surface area contributed by atoms with Crippen molar-refractivity contribution in [1.29, 1.82) is 0 Å². The van der Waals surface area contributed by atoms with E-state index in [1.54, 1.807) is 0 Å². The van der Waals surface area contributed by atoms with E-state index in [9.17, 15) is 0 Å². The first-order chi connectivity index (χ1) is 6.81. The molecule has 0 aliphatic heterocycles. The van der Waals surface area contributed by atoms with Crippen molar-refractivity contribution in [3.05, 3.63) is 6.92 Å². The molecule has 0 bridgehead atoms. The summed E-state index contributed by atoms with van der Waals surface area (Å²) in [5, 5.41) is 0.348. The summed E-state index contributed by atoms with van der Waals surface area (Å²) in [5.41, 5.74) is 0. The average Bonchev–Trinajstić information content (AvgIpc) is 2.09. The van der Waals surface area contributed by atoms with Gasteiger partial charge in [-0.2, -0.15) is 6.42 Å². The first kappa shape index (κ1) is 23.5. The molecule has 0 N–H and O–H groups in total. The standard InChI is InChI=1S/C13H29OSi.BrH.Mg/c1-7-8-9-10-11-12-14-15(5,6)13(2,3)4;;/h1,7-12H2,2-6H3;1H;/q-1;;+2/p-1. The quantitative estimate of drug-likeness (QED) is 0.389. The van der Waals surface area contributed by atoms with Gasteiger partial charge in [-0.25, -0.2) is 0 Å². The van der Waals surface area contributed by atoms with E-state index in [4.69, 9.17) is 4.43 Å². The van der Waals surface area contributed by atoms with Crippen LogP contribution in [-0.4, -0.2) is 38.0 Å². The number of halogens is 1. The second-order valence-electron chi connectivity index (χ2n) is 5.88. The molecule has 0 aromatic heterocycles. The molecule has 0 unspecified atom stereocenters. The van der Waals surface area contributed by atoms with Crippen molar-refractivity contribution < 1.29 is 21.4 Å². The van der Waals surface area contributed by atoms with Crippen molar-refractivity contribution in [2.45, 2.75) is 71.0 Å². The zero-order valence-corrected chi connectivity index (χ0v) is 16.4. The van der Waals surface area contributed by atoms with Gasteiger partial charge in [0.05, 0.1) is 0 Å². The molecule has 0 atom stereocenters. The minimum absolute atomic E-state index is 0. The molecule has 100 valence electrons. The summed E-state index contributed by atoms with van der Waals surface area (Å²) in [6.45, 7) is 16.3. The molecule has 17 heavy (non-hydrogen) atoms. The summed E-state index contributed by atoms with van der Waals surface area (Å²) in [7, 11) is -1.49. The van der Waals surface area contributed by atoms with Crippen molar-refractivity contribution in [2.75, 3.05) is 6.61 Å². The van der Waals surface area contributed by atoms with Crippen LogP contribution >= 0.6 is 0 Å². The third-order valence-electron chi connectivity index (χ3n) is 3.41. The zero-order chi connectivity index (χ0) is 11.9. The molecular formula is C13H29BrMgOSi. The predicted octanol–water partition coefficient (Wildman–Crippen LogP) is 1.42. The molecule has 0 fully saturated rings. The number of hydrogen-bond acceptors (Lipinski definition) is 1. The molecule has 0 aliphatic rings. The van der Waals surface area contributed by atoms with E-state index in [2.05, 4.69) is 40.8 Å². The molecule has 0 amide bonds. The maximum atomic E-state index is 6.10. The smallest absolute Gasteiger partial charge is 1.00 e. The molecule has 0 spiro atoms. The van der Waals surface area contributed by atoms with Crippen LogP contribution in [0.2, 0.25) is 18.1 Å². The summed E-state index contributed by atoms with van der Waals surface area (Å²) in [5.74, 6) is 0. The van der Waals surface area contributed by atoms with E-state index in [1.165, 1.54) is 25.7 Å². The summed E-state index contributed by atoms with van der Waals surface area (Å²) in [6.07, 6.45) is 6.16. The van der Waals surface area contributed by atoms with Crippen LogP contribution in [0.25, 0.3) is 0 Å². The molecule has 0 rings (SSSR count). The van der Waals surface area contributed by atoms with Crippen LogP contribution in [0.15, 0.2) is 0 Å². The second kappa shape index (κ2) is 11.3. The SMILES string of the molecule is [Br-].[CH2-]CCCCCCO[Si](C)(C)C(C)(C)C.[Mg+2]. The van der Waals surface area contributed by atoms with Gasteiger partial charge >= 0.3 is 23.1 Å². The number of unbranched alkanes of at least 4 members (excludes halogenated alkanes) is 4. The summed E-state index contributed by atoms with van der Waals surface area (Å²) < 4.78 is 6.10. The van der Waals surface area contributed by atoms with E-state index < -0.39 is 8.32 Å². The molecule has 4 heteroatoms. The Hall–Kier alpha value is 1.42. The van der Waals surface area contributed by atoms with Crippen LogP contribution in [0.1, 0.15) is 52.9 Å². The van der Waals surface area contributed by atoms with Crippen LogP contribution in [0, 0.1) is 6.92 Å². The Morgan fingerprint density at radius 3 is 1.88 bits per heavy atom. The first-order valence-electron chi connectivity index (χ1n) is 6.24. The maximum Gasteiger partial charge on any atom is 2.00 e. The minimum Gasteiger partial charge on any atom is -1.00 e. The molecule has 0 aliphatic carbocycles. The third kappa shape index (κ3) is 11.0. The summed E-state index contributed by atoms with van der Waals surface area (Å²) >= 11 is 0. The largest absolute Gasteiger partial charge is 2.00 e. The van der Waals surface area contributed by atoms with Crippen LogP contribution < -0.4 is 17.0 Å². The Balaban J connectivity index is -0.000000980. The molecular weight excluding hydrogens is 304 g/mol. The molecule has 0 saturated carbocycles. The monoisotopic (exact) mass is 332 g/mol. The van der Waals surface area contributed by atoms with Gasteiger partial charge in [0, 0.05) is 6.61 Å². The second-order valence-corrected chi connectivity index (χ2v) is 10.7. The number of rotatable bonds is 7. The van der Waals surface area contributed by atoms with E-state index in [1.807, 2.05) is 0 Å². The average molecular weight is 334 g/mol. The van der Waals surface area contributed by atoms with Gasteiger partial charge in [0.1, 0.15) is 0 Å². The van der Waals surface area contributed by atoms with Crippen molar-refractivity contribution >= 4 is 31.4 Å². The van der Waals surface area contributed by atoms with Crippen molar-refractivity contribution in [2.24, 2.45) is 0 Å². The Bertz CT molecular complexity index is 169. The van der Waals surface area contributed by atoms with Crippen molar-refractivity contribution in [3.8, 4) is 0 Å². The molecule has 0 heterocycles. The van der Waals surface area contributed by atoms with Crippen LogP contribution in [0.3, 0.4) is 0 Å². The van der Waals surface area contributed by atoms with E-state index in [0.29, 0.717) is 5.04 Å². The summed E-state index contributed by atoms with van der Waals surface area (Å²) in [6, 6.07) is 0. The van der Waals surface area contributed by atoms with Gasteiger partial charge < -0.3 is 28.3 Å². The maximum absolute atomic E-state index is 6.10. The molecule has 0 aromatic carbocycles. The fourth-order valence-corrected chi connectivity index (χ4v) is 2.26. The van der Waals surface area contributed by atoms with E-state index in [0.717, 1.165) is 13.0 Å². The van der Waals surface area contributed by atoms with Crippen LogP contribution in [0.5, 0.6) is 0 Å². The van der Waals surface area contributed by atoms with E-state index in [-0.39, 0.29) is 40.0 Å². The van der Waals surface area contributed by atoms with Gasteiger partial charge in [-0.05, 0) is 24.6 Å². The molecule has 0 radical (unpaired) electrons. The van der Waals surface area contributed by atoms with Crippen molar-refractivity contribution in [3.63, 3.8) is 0 Å². The fourth-order valence-electron chi connectivity index (χ4n) is 1.18. The van der Waals surface area contributed by atoms with Gasteiger partial charge in [0.25, 0.3) is 0 Å². The zero-order valence-electron chi connectivity index (χ0n) is 12.4. The molecule has 0 saturated heterocycles. The Kier molecular flexibility index (Phi) is 15.6. The Morgan fingerprint density at radius 1 is 1.00 bits per heavy atom. The van der Waals surface area contributed by atoms with Gasteiger partial charge in [0.2, 0.25) is 0 Å². The van der Waals surface area contributed by atoms with Gasteiger partial charge in [0.15, 0.2) is 8.32 Å². The molecule has 0 aromatic rings. The predicted molar refractivity (Wildman–Crippen MR) is 77.3 cm³/mol. The first-order valence-corrected chi connectivity index (χ1v) is 9.15. The van der Waals surface area contributed by atoms with Gasteiger partial charge in [-0.1, -0.05) is 40.0 Å². The fraction of sp³-hybridized carbons (Fsp3) is 0.923. The van der Waals surface area contributed by atoms with Crippen LogP contribution in [-0.2, 0) is 4.43 Å². The minimum atomic E-state index is -1.49. The number of hydrogen-bond donors (Lipinski definition) is 0.